The molecule has 1 atom stereocenters. The van der Waals surface area contributed by atoms with E-state index in [1.807, 2.05) is 0 Å². The summed E-state index contributed by atoms with van der Waals surface area (Å²) in [4.78, 5) is 28.4. The first-order valence-corrected chi connectivity index (χ1v) is 9.74. The Labute approximate surface area is 138 Å². The Kier molecular flexibility index (Phi) is 5.37. The Hall–Kier alpha value is -1.52. The van der Waals surface area contributed by atoms with Gasteiger partial charge in [0.1, 0.15) is 10.9 Å². The molecule has 1 unspecified atom stereocenters. The van der Waals surface area contributed by atoms with Gasteiger partial charge in [-0.15, -0.1) is 0 Å². The number of carbonyl (C=O) groups excluding carboxylic acids is 2. The maximum Gasteiger partial charge on any atom is 0.350 e. The standard InChI is InChI=1S/C13H19N3O5S2/c1-8-10(12(18)21-2)22-13(14-8)15-11(17)9-6-4-5-7-16(9)23(3,19)20/h9H,4-7H2,1-3H3,(H,14,15,17). The van der Waals surface area contributed by atoms with Gasteiger partial charge in [0, 0.05) is 6.54 Å². The van der Waals surface area contributed by atoms with Gasteiger partial charge in [0.2, 0.25) is 15.9 Å². The van der Waals surface area contributed by atoms with Crippen molar-refractivity contribution < 1.29 is 22.7 Å². The first kappa shape index (κ1) is 17.8. The van der Waals surface area contributed by atoms with Crippen molar-refractivity contribution in [3.05, 3.63) is 10.6 Å². The number of rotatable bonds is 4. The number of nitrogens with one attached hydrogen (secondary N) is 1. The zero-order chi connectivity index (χ0) is 17.2. The van der Waals surface area contributed by atoms with Crippen LogP contribution >= 0.6 is 11.3 Å². The first-order valence-electron chi connectivity index (χ1n) is 7.07. The number of aryl methyl sites for hydroxylation is 1. The molecule has 2 rings (SSSR count). The molecule has 1 N–H and O–H groups in total. The summed E-state index contributed by atoms with van der Waals surface area (Å²) in [5, 5.41) is 2.86. The third kappa shape index (κ3) is 4.06. The molecule has 1 fully saturated rings. The molecule has 8 nitrogen and oxygen atoms in total. The summed E-state index contributed by atoms with van der Waals surface area (Å²) in [6.07, 6.45) is 3.09. The minimum Gasteiger partial charge on any atom is -0.465 e. The van der Waals surface area contributed by atoms with Gasteiger partial charge in [-0.05, 0) is 19.8 Å². The minimum atomic E-state index is -3.45. The molecule has 1 aromatic rings. The lowest BCUT2D eigenvalue weighted by Gasteiger charge is -2.32. The SMILES string of the molecule is COC(=O)c1sc(NC(=O)C2CCCCN2S(C)(=O)=O)nc1C. The van der Waals surface area contributed by atoms with Gasteiger partial charge in [-0.25, -0.2) is 18.2 Å². The van der Waals surface area contributed by atoms with E-state index in [2.05, 4.69) is 15.0 Å². The molecule has 1 aromatic heterocycles. The lowest BCUT2D eigenvalue weighted by atomic mass is 10.0. The molecule has 0 aromatic carbocycles. The van der Waals surface area contributed by atoms with Gasteiger partial charge in [0.25, 0.3) is 0 Å². The van der Waals surface area contributed by atoms with E-state index in [4.69, 9.17) is 0 Å². The second-order valence-electron chi connectivity index (χ2n) is 5.30. The Bertz CT molecular complexity index is 713. The fourth-order valence-corrected chi connectivity index (χ4v) is 4.50. The number of sulfonamides is 1. The van der Waals surface area contributed by atoms with Gasteiger partial charge in [0.15, 0.2) is 5.13 Å². The average molecular weight is 361 g/mol. The van der Waals surface area contributed by atoms with Crippen molar-refractivity contribution in [3.8, 4) is 0 Å². The summed E-state index contributed by atoms with van der Waals surface area (Å²) in [7, 11) is -2.18. The topological polar surface area (TPSA) is 106 Å². The molecule has 2 heterocycles. The number of anilines is 1. The highest BCUT2D eigenvalue weighted by Gasteiger charge is 2.34. The van der Waals surface area contributed by atoms with Gasteiger partial charge < -0.3 is 10.1 Å². The monoisotopic (exact) mass is 361 g/mol. The quantitative estimate of drug-likeness (QED) is 0.802. The van der Waals surface area contributed by atoms with Crippen molar-refractivity contribution in [2.24, 2.45) is 0 Å². The number of methoxy groups -OCH3 is 1. The predicted molar refractivity (Wildman–Crippen MR) is 86.0 cm³/mol. The van der Waals surface area contributed by atoms with Crippen molar-refractivity contribution in [1.29, 1.82) is 0 Å². The summed E-state index contributed by atoms with van der Waals surface area (Å²) in [6, 6.07) is -0.746. The highest BCUT2D eigenvalue weighted by molar-refractivity contribution is 7.88. The van der Waals surface area contributed by atoms with E-state index < -0.39 is 27.9 Å². The van der Waals surface area contributed by atoms with Crippen molar-refractivity contribution in [1.82, 2.24) is 9.29 Å². The number of carbonyl (C=O) groups is 2. The number of aromatic nitrogens is 1. The van der Waals surface area contributed by atoms with Crippen LogP contribution in [0.25, 0.3) is 0 Å². The lowest BCUT2D eigenvalue weighted by Crippen LogP contribution is -2.49. The summed E-state index contributed by atoms with van der Waals surface area (Å²) >= 11 is 1.01. The van der Waals surface area contributed by atoms with Gasteiger partial charge in [0.05, 0.1) is 19.1 Å². The number of hydrogen-bond acceptors (Lipinski definition) is 7. The summed E-state index contributed by atoms with van der Waals surface area (Å²) in [5.41, 5.74) is 0.459. The normalized spacial score (nSPS) is 19.3. The van der Waals surface area contributed by atoms with Crippen LogP contribution in [0.4, 0.5) is 5.13 Å². The molecule has 1 saturated heterocycles. The molecule has 1 amide bonds. The molecule has 23 heavy (non-hydrogen) atoms. The van der Waals surface area contributed by atoms with Crippen LogP contribution in [-0.2, 0) is 19.6 Å². The van der Waals surface area contributed by atoms with Gasteiger partial charge in [-0.3, -0.25) is 4.79 Å². The van der Waals surface area contributed by atoms with Crippen LogP contribution in [0.3, 0.4) is 0 Å². The summed E-state index contributed by atoms with van der Waals surface area (Å²) < 4.78 is 29.5. The fraction of sp³-hybridized carbons (Fsp3) is 0.615. The molecule has 1 aliphatic heterocycles. The maximum absolute atomic E-state index is 12.4. The van der Waals surface area contributed by atoms with E-state index in [0.717, 1.165) is 30.4 Å². The fourth-order valence-electron chi connectivity index (χ4n) is 2.48. The van der Waals surface area contributed by atoms with Crippen LogP contribution < -0.4 is 5.32 Å². The van der Waals surface area contributed by atoms with E-state index in [0.29, 0.717) is 23.5 Å². The van der Waals surface area contributed by atoms with Crippen molar-refractivity contribution in [2.75, 3.05) is 25.2 Å². The molecule has 10 heteroatoms. The van der Waals surface area contributed by atoms with E-state index in [9.17, 15) is 18.0 Å². The number of thiazole rings is 1. The zero-order valence-electron chi connectivity index (χ0n) is 13.2. The molecular weight excluding hydrogens is 342 g/mol. The predicted octanol–water partition coefficient (Wildman–Crippen LogP) is 0.991. The van der Waals surface area contributed by atoms with Crippen LogP contribution in [0.1, 0.15) is 34.6 Å². The van der Waals surface area contributed by atoms with Crippen LogP contribution in [0.15, 0.2) is 0 Å². The summed E-state index contributed by atoms with van der Waals surface area (Å²) in [5.74, 6) is -0.948. The lowest BCUT2D eigenvalue weighted by molar-refractivity contribution is -0.120. The van der Waals surface area contributed by atoms with Crippen molar-refractivity contribution >= 4 is 38.4 Å². The Morgan fingerprint density at radius 1 is 1.39 bits per heavy atom. The number of hydrogen-bond donors (Lipinski definition) is 1. The summed E-state index contributed by atoms with van der Waals surface area (Å²) in [6.45, 7) is 1.98. The van der Waals surface area contributed by atoms with E-state index in [1.54, 1.807) is 6.92 Å². The number of nitrogens with zero attached hydrogens (tertiary/aromatic N) is 2. The van der Waals surface area contributed by atoms with Crippen molar-refractivity contribution in [3.63, 3.8) is 0 Å². The third-order valence-electron chi connectivity index (χ3n) is 3.58. The number of ether oxygens (including phenoxy) is 1. The number of amides is 1. The second kappa shape index (κ2) is 6.93. The number of piperidine rings is 1. The smallest absolute Gasteiger partial charge is 0.350 e. The van der Waals surface area contributed by atoms with Crippen LogP contribution in [0.5, 0.6) is 0 Å². The highest BCUT2D eigenvalue weighted by Crippen LogP contribution is 2.25. The molecule has 0 radical (unpaired) electrons. The van der Waals surface area contributed by atoms with E-state index in [-0.39, 0.29) is 5.13 Å². The van der Waals surface area contributed by atoms with E-state index >= 15 is 0 Å². The molecule has 0 saturated carbocycles. The maximum atomic E-state index is 12.4. The molecule has 0 spiro atoms. The Morgan fingerprint density at radius 2 is 2.09 bits per heavy atom. The molecule has 0 aliphatic carbocycles. The number of esters is 1. The van der Waals surface area contributed by atoms with Crippen LogP contribution in [-0.4, -0.2) is 55.5 Å². The Balaban J connectivity index is 2.16. The largest absolute Gasteiger partial charge is 0.465 e. The van der Waals surface area contributed by atoms with Gasteiger partial charge in [-0.2, -0.15) is 4.31 Å². The third-order valence-corrected chi connectivity index (χ3v) is 5.92. The minimum absolute atomic E-state index is 0.256. The van der Waals surface area contributed by atoms with Gasteiger partial charge in [-0.1, -0.05) is 17.8 Å². The molecular formula is C13H19N3O5S2. The van der Waals surface area contributed by atoms with E-state index in [1.165, 1.54) is 11.4 Å². The zero-order valence-corrected chi connectivity index (χ0v) is 14.8. The van der Waals surface area contributed by atoms with Crippen molar-refractivity contribution in [2.45, 2.75) is 32.2 Å². The molecule has 0 bridgehead atoms. The Morgan fingerprint density at radius 3 is 2.70 bits per heavy atom. The van der Waals surface area contributed by atoms with Crippen LogP contribution in [0.2, 0.25) is 0 Å². The van der Waals surface area contributed by atoms with Gasteiger partial charge >= 0.3 is 5.97 Å². The first-order chi connectivity index (χ1) is 10.7. The second-order valence-corrected chi connectivity index (χ2v) is 8.23. The molecule has 1 aliphatic rings. The van der Waals surface area contributed by atoms with Crippen LogP contribution in [0, 0.1) is 6.92 Å². The molecule has 128 valence electrons. The average Bonchev–Trinajstić information content (AvgIpc) is 2.86. The highest BCUT2D eigenvalue weighted by atomic mass is 32.2.